The van der Waals surface area contributed by atoms with E-state index in [-0.39, 0.29) is 0 Å². The zero-order chi connectivity index (χ0) is 11.4. The van der Waals surface area contributed by atoms with Crippen LogP contribution in [0, 0.1) is 0 Å². The van der Waals surface area contributed by atoms with Crippen LogP contribution in [0.4, 0.5) is 0 Å². The highest BCUT2D eigenvalue weighted by atomic mass is 79.9. The van der Waals surface area contributed by atoms with Crippen molar-refractivity contribution in [3.05, 3.63) is 22.6 Å². The predicted octanol–water partition coefficient (Wildman–Crippen LogP) is 0.990. The monoisotopic (exact) mass is 287 g/mol. The molecule has 0 bridgehead atoms. The molecule has 3 N–H and O–H groups in total. The van der Waals surface area contributed by atoms with Gasteiger partial charge in [0.1, 0.15) is 5.76 Å². The van der Waals surface area contributed by atoms with E-state index < -0.39 is 0 Å². The molecule has 5 heteroatoms. The summed E-state index contributed by atoms with van der Waals surface area (Å²) in [5.41, 5.74) is 5.81. The Kier molecular flexibility index (Phi) is 4.40. The van der Waals surface area contributed by atoms with Crippen molar-refractivity contribution in [1.29, 1.82) is 0 Å². The SMILES string of the molecule is NCC(CN1CCNCC1)c1ccc(Br)o1. The smallest absolute Gasteiger partial charge is 0.169 e. The summed E-state index contributed by atoms with van der Waals surface area (Å²) in [6, 6.07) is 3.93. The van der Waals surface area contributed by atoms with Crippen molar-refractivity contribution < 1.29 is 4.42 Å². The Morgan fingerprint density at radius 1 is 1.44 bits per heavy atom. The highest BCUT2D eigenvalue weighted by molar-refractivity contribution is 9.10. The molecule has 2 heterocycles. The van der Waals surface area contributed by atoms with E-state index in [9.17, 15) is 0 Å². The Morgan fingerprint density at radius 2 is 2.19 bits per heavy atom. The molecule has 1 saturated heterocycles. The second-order valence-electron chi connectivity index (χ2n) is 4.13. The summed E-state index contributed by atoms with van der Waals surface area (Å²) in [5.74, 6) is 1.28. The number of nitrogens with one attached hydrogen (secondary N) is 1. The second kappa shape index (κ2) is 5.82. The van der Waals surface area contributed by atoms with Crippen LogP contribution in [0.3, 0.4) is 0 Å². The van der Waals surface area contributed by atoms with Gasteiger partial charge in [-0.05, 0) is 28.1 Å². The average molecular weight is 288 g/mol. The quantitative estimate of drug-likeness (QED) is 0.867. The van der Waals surface area contributed by atoms with E-state index in [4.69, 9.17) is 10.2 Å². The minimum absolute atomic E-state index is 0.296. The fourth-order valence-electron chi connectivity index (χ4n) is 2.03. The third kappa shape index (κ3) is 3.07. The normalized spacial score (nSPS) is 19.9. The molecule has 0 amide bonds. The average Bonchev–Trinajstić information content (AvgIpc) is 2.74. The van der Waals surface area contributed by atoms with Crippen molar-refractivity contribution in [3.8, 4) is 0 Å². The number of rotatable bonds is 4. The van der Waals surface area contributed by atoms with Gasteiger partial charge in [0.15, 0.2) is 4.67 Å². The third-order valence-electron chi connectivity index (χ3n) is 2.97. The highest BCUT2D eigenvalue weighted by Gasteiger charge is 2.19. The molecule has 2 rings (SSSR count). The van der Waals surface area contributed by atoms with Gasteiger partial charge in [-0.15, -0.1) is 0 Å². The van der Waals surface area contributed by atoms with Crippen molar-refractivity contribution in [3.63, 3.8) is 0 Å². The number of halogens is 1. The van der Waals surface area contributed by atoms with Crippen LogP contribution in [0.15, 0.2) is 21.2 Å². The molecule has 0 aromatic carbocycles. The number of piperazine rings is 1. The first-order valence-electron chi connectivity index (χ1n) is 5.68. The molecule has 1 fully saturated rings. The minimum Gasteiger partial charge on any atom is -0.454 e. The van der Waals surface area contributed by atoms with Crippen LogP contribution in [-0.4, -0.2) is 44.2 Å². The van der Waals surface area contributed by atoms with Gasteiger partial charge in [-0.1, -0.05) is 0 Å². The van der Waals surface area contributed by atoms with Crippen molar-refractivity contribution in [2.75, 3.05) is 39.3 Å². The molecule has 90 valence electrons. The van der Waals surface area contributed by atoms with E-state index in [0.717, 1.165) is 43.2 Å². The van der Waals surface area contributed by atoms with Crippen LogP contribution in [0.2, 0.25) is 0 Å². The van der Waals surface area contributed by atoms with Gasteiger partial charge in [-0.25, -0.2) is 0 Å². The van der Waals surface area contributed by atoms with Crippen molar-refractivity contribution in [2.45, 2.75) is 5.92 Å². The Morgan fingerprint density at radius 3 is 2.75 bits per heavy atom. The molecule has 0 aliphatic carbocycles. The largest absolute Gasteiger partial charge is 0.454 e. The Balaban J connectivity index is 1.94. The molecule has 1 unspecified atom stereocenters. The molecular formula is C11H18BrN3O. The Labute approximate surface area is 104 Å². The maximum atomic E-state index is 5.81. The van der Waals surface area contributed by atoms with Crippen LogP contribution in [0.5, 0.6) is 0 Å². The van der Waals surface area contributed by atoms with E-state index in [0.29, 0.717) is 12.5 Å². The molecule has 1 atom stereocenters. The number of hydrogen-bond acceptors (Lipinski definition) is 4. The first-order chi connectivity index (χ1) is 7.79. The Bertz CT molecular complexity index is 323. The predicted molar refractivity (Wildman–Crippen MR) is 67.5 cm³/mol. The molecule has 0 spiro atoms. The summed E-state index contributed by atoms with van der Waals surface area (Å²) >= 11 is 3.32. The van der Waals surface area contributed by atoms with E-state index in [1.807, 2.05) is 12.1 Å². The molecule has 0 radical (unpaired) electrons. The van der Waals surface area contributed by atoms with E-state index in [1.54, 1.807) is 0 Å². The van der Waals surface area contributed by atoms with Gasteiger partial charge < -0.3 is 20.4 Å². The zero-order valence-corrected chi connectivity index (χ0v) is 10.9. The fourth-order valence-corrected chi connectivity index (χ4v) is 2.35. The molecule has 4 nitrogen and oxygen atoms in total. The molecule has 1 aliphatic rings. The van der Waals surface area contributed by atoms with Gasteiger partial charge in [0.2, 0.25) is 0 Å². The van der Waals surface area contributed by atoms with Gasteiger partial charge in [0.05, 0.1) is 0 Å². The first kappa shape index (κ1) is 12.1. The van der Waals surface area contributed by atoms with Gasteiger partial charge in [0.25, 0.3) is 0 Å². The first-order valence-corrected chi connectivity index (χ1v) is 6.47. The number of furan rings is 1. The van der Waals surface area contributed by atoms with Crippen LogP contribution in [0.1, 0.15) is 11.7 Å². The summed E-state index contributed by atoms with van der Waals surface area (Å²) in [5, 5.41) is 3.35. The van der Waals surface area contributed by atoms with Crippen LogP contribution >= 0.6 is 15.9 Å². The minimum atomic E-state index is 0.296. The van der Waals surface area contributed by atoms with E-state index >= 15 is 0 Å². The lowest BCUT2D eigenvalue weighted by atomic mass is 10.1. The van der Waals surface area contributed by atoms with Gasteiger partial charge >= 0.3 is 0 Å². The van der Waals surface area contributed by atoms with E-state index in [2.05, 4.69) is 26.1 Å². The van der Waals surface area contributed by atoms with E-state index in [1.165, 1.54) is 0 Å². The summed E-state index contributed by atoms with van der Waals surface area (Å²) < 4.78 is 6.35. The zero-order valence-electron chi connectivity index (χ0n) is 9.29. The van der Waals surface area contributed by atoms with Gasteiger partial charge in [0, 0.05) is 45.2 Å². The topological polar surface area (TPSA) is 54.4 Å². The number of hydrogen-bond donors (Lipinski definition) is 2. The Hall–Kier alpha value is -0.360. The fraction of sp³-hybridized carbons (Fsp3) is 0.636. The molecule has 16 heavy (non-hydrogen) atoms. The molecule has 1 aromatic rings. The molecule has 0 saturated carbocycles. The number of nitrogens with zero attached hydrogens (tertiary/aromatic N) is 1. The molecule has 1 aromatic heterocycles. The summed E-state index contributed by atoms with van der Waals surface area (Å²) in [6.07, 6.45) is 0. The summed E-state index contributed by atoms with van der Waals surface area (Å²) in [6.45, 7) is 5.94. The lowest BCUT2D eigenvalue weighted by molar-refractivity contribution is 0.219. The third-order valence-corrected chi connectivity index (χ3v) is 3.40. The maximum absolute atomic E-state index is 5.81. The van der Waals surface area contributed by atoms with Crippen molar-refractivity contribution in [1.82, 2.24) is 10.2 Å². The molecular weight excluding hydrogens is 270 g/mol. The standard InChI is InChI=1S/C11H18BrN3O/c12-11-2-1-10(16-11)9(7-13)8-15-5-3-14-4-6-15/h1-2,9,14H,3-8,13H2. The highest BCUT2D eigenvalue weighted by Crippen LogP contribution is 2.22. The lowest BCUT2D eigenvalue weighted by Gasteiger charge is -2.29. The maximum Gasteiger partial charge on any atom is 0.169 e. The summed E-state index contributed by atoms with van der Waals surface area (Å²) in [4.78, 5) is 2.43. The van der Waals surface area contributed by atoms with Crippen molar-refractivity contribution >= 4 is 15.9 Å². The summed E-state index contributed by atoms with van der Waals surface area (Å²) in [7, 11) is 0. The van der Waals surface area contributed by atoms with Gasteiger partial charge in [-0.3, -0.25) is 0 Å². The molecule has 1 aliphatic heterocycles. The van der Waals surface area contributed by atoms with Crippen molar-refractivity contribution in [2.24, 2.45) is 5.73 Å². The second-order valence-corrected chi connectivity index (χ2v) is 4.91. The van der Waals surface area contributed by atoms with Crippen LogP contribution < -0.4 is 11.1 Å². The van der Waals surface area contributed by atoms with Gasteiger partial charge in [-0.2, -0.15) is 0 Å². The van der Waals surface area contributed by atoms with Crippen LogP contribution in [0.25, 0.3) is 0 Å². The number of nitrogens with two attached hydrogens (primary N) is 1. The lowest BCUT2D eigenvalue weighted by Crippen LogP contribution is -2.45. The van der Waals surface area contributed by atoms with Crippen LogP contribution in [-0.2, 0) is 0 Å².